The smallest absolute Gasteiger partial charge is 0.226 e. The molecule has 2 saturated heterocycles. The summed E-state index contributed by atoms with van der Waals surface area (Å²) in [7, 11) is 0. The zero-order chi connectivity index (χ0) is 9.31. The molecule has 2 aliphatic rings. The molecule has 13 heavy (non-hydrogen) atoms. The lowest BCUT2D eigenvalue weighted by Crippen LogP contribution is -2.41. The summed E-state index contributed by atoms with van der Waals surface area (Å²) in [6, 6.07) is 0. The standard InChI is InChI=1S/C8H13N3O2/c12-7-8(1-4-9-7)2-5-11(10-13)6-3-8/h1-6H2,(H,9,12). The molecule has 0 aromatic heterocycles. The maximum Gasteiger partial charge on any atom is 0.226 e. The van der Waals surface area contributed by atoms with Crippen LogP contribution in [-0.2, 0) is 4.79 Å². The van der Waals surface area contributed by atoms with Crippen molar-refractivity contribution in [1.82, 2.24) is 10.3 Å². The highest BCUT2D eigenvalue weighted by Crippen LogP contribution is 2.37. The first-order valence-electron chi connectivity index (χ1n) is 4.63. The molecule has 5 heteroatoms. The van der Waals surface area contributed by atoms with E-state index in [2.05, 4.69) is 10.6 Å². The number of hydrogen-bond donors (Lipinski definition) is 1. The Labute approximate surface area is 76.4 Å². The molecular weight excluding hydrogens is 170 g/mol. The van der Waals surface area contributed by atoms with E-state index in [1.165, 1.54) is 5.01 Å². The van der Waals surface area contributed by atoms with E-state index in [1.54, 1.807) is 0 Å². The highest BCUT2D eigenvalue weighted by atomic mass is 16.3. The van der Waals surface area contributed by atoms with Crippen molar-refractivity contribution in [1.29, 1.82) is 0 Å². The molecule has 1 N–H and O–H groups in total. The quantitative estimate of drug-likeness (QED) is 0.593. The van der Waals surface area contributed by atoms with Crippen LogP contribution in [0.15, 0.2) is 5.29 Å². The zero-order valence-electron chi connectivity index (χ0n) is 7.45. The van der Waals surface area contributed by atoms with E-state index < -0.39 is 0 Å². The predicted octanol–water partition coefficient (Wildman–Crippen LogP) is 0.270. The fourth-order valence-corrected chi connectivity index (χ4v) is 2.20. The van der Waals surface area contributed by atoms with Crippen molar-refractivity contribution in [3.8, 4) is 0 Å². The van der Waals surface area contributed by atoms with Gasteiger partial charge in [0.2, 0.25) is 5.91 Å². The second-order valence-electron chi connectivity index (χ2n) is 3.82. The molecule has 72 valence electrons. The van der Waals surface area contributed by atoms with Crippen molar-refractivity contribution in [3.63, 3.8) is 0 Å². The molecule has 0 aliphatic carbocycles. The minimum atomic E-state index is -0.179. The number of amides is 1. The van der Waals surface area contributed by atoms with Crippen LogP contribution >= 0.6 is 0 Å². The topological polar surface area (TPSA) is 61.8 Å². The molecule has 2 heterocycles. The number of carbonyl (C=O) groups is 1. The van der Waals surface area contributed by atoms with Gasteiger partial charge in [0, 0.05) is 19.6 Å². The summed E-state index contributed by atoms with van der Waals surface area (Å²) in [5, 5.41) is 7.22. The van der Waals surface area contributed by atoms with E-state index in [0.29, 0.717) is 13.1 Å². The minimum absolute atomic E-state index is 0.165. The van der Waals surface area contributed by atoms with Crippen molar-refractivity contribution < 1.29 is 4.79 Å². The number of nitroso groups, excluding NO2 is 1. The molecule has 0 saturated carbocycles. The molecule has 2 rings (SSSR count). The molecule has 1 amide bonds. The number of nitrogens with one attached hydrogen (secondary N) is 1. The van der Waals surface area contributed by atoms with E-state index in [4.69, 9.17) is 0 Å². The Morgan fingerprint density at radius 2 is 2.00 bits per heavy atom. The molecule has 0 unspecified atom stereocenters. The second kappa shape index (κ2) is 2.97. The normalized spacial score (nSPS) is 26.2. The summed E-state index contributed by atoms with van der Waals surface area (Å²) in [5.74, 6) is 0.165. The third-order valence-electron chi connectivity index (χ3n) is 3.18. The maximum atomic E-state index is 11.5. The summed E-state index contributed by atoms with van der Waals surface area (Å²) < 4.78 is 0. The van der Waals surface area contributed by atoms with Crippen LogP contribution in [0.25, 0.3) is 0 Å². The van der Waals surface area contributed by atoms with Crippen molar-refractivity contribution in [3.05, 3.63) is 4.91 Å². The van der Waals surface area contributed by atoms with E-state index >= 15 is 0 Å². The minimum Gasteiger partial charge on any atom is -0.356 e. The lowest BCUT2D eigenvalue weighted by molar-refractivity contribution is -0.130. The Balaban J connectivity index is 2.03. The van der Waals surface area contributed by atoms with Gasteiger partial charge in [-0.2, -0.15) is 0 Å². The second-order valence-corrected chi connectivity index (χ2v) is 3.82. The maximum absolute atomic E-state index is 11.5. The average Bonchev–Trinajstić information content (AvgIpc) is 2.50. The van der Waals surface area contributed by atoms with Crippen LogP contribution in [0.4, 0.5) is 0 Å². The Kier molecular flexibility index (Phi) is 1.94. The van der Waals surface area contributed by atoms with Gasteiger partial charge in [-0.15, -0.1) is 4.91 Å². The summed E-state index contributed by atoms with van der Waals surface area (Å²) in [6.07, 6.45) is 2.45. The number of carbonyl (C=O) groups excluding carboxylic acids is 1. The molecule has 5 nitrogen and oxygen atoms in total. The first-order chi connectivity index (χ1) is 6.27. The summed E-state index contributed by atoms with van der Waals surface area (Å²) in [4.78, 5) is 21.7. The molecule has 0 atom stereocenters. The molecule has 2 aliphatic heterocycles. The molecule has 0 radical (unpaired) electrons. The zero-order valence-corrected chi connectivity index (χ0v) is 7.45. The SMILES string of the molecule is O=NN1CCC2(CCNC2=O)CC1. The van der Waals surface area contributed by atoms with Crippen LogP contribution in [0, 0.1) is 10.3 Å². The largest absolute Gasteiger partial charge is 0.356 e. The Morgan fingerprint density at radius 3 is 2.46 bits per heavy atom. The van der Waals surface area contributed by atoms with Gasteiger partial charge in [0.05, 0.1) is 10.7 Å². The predicted molar refractivity (Wildman–Crippen MR) is 46.7 cm³/mol. The van der Waals surface area contributed by atoms with Crippen molar-refractivity contribution in [2.75, 3.05) is 19.6 Å². The summed E-state index contributed by atoms with van der Waals surface area (Å²) in [6.45, 7) is 2.03. The van der Waals surface area contributed by atoms with Crippen LogP contribution in [0.3, 0.4) is 0 Å². The monoisotopic (exact) mass is 183 g/mol. The molecule has 0 bridgehead atoms. The first kappa shape index (κ1) is 8.47. The highest BCUT2D eigenvalue weighted by molar-refractivity contribution is 5.84. The van der Waals surface area contributed by atoms with E-state index in [-0.39, 0.29) is 11.3 Å². The van der Waals surface area contributed by atoms with Gasteiger partial charge in [0.1, 0.15) is 0 Å². The summed E-state index contributed by atoms with van der Waals surface area (Å²) >= 11 is 0. The van der Waals surface area contributed by atoms with Gasteiger partial charge < -0.3 is 5.32 Å². The number of nitrogens with zero attached hydrogens (tertiary/aromatic N) is 2. The lowest BCUT2D eigenvalue weighted by Gasteiger charge is -2.34. The fourth-order valence-electron chi connectivity index (χ4n) is 2.20. The van der Waals surface area contributed by atoms with Gasteiger partial charge in [-0.3, -0.25) is 9.80 Å². The summed E-state index contributed by atoms with van der Waals surface area (Å²) in [5.41, 5.74) is -0.179. The van der Waals surface area contributed by atoms with Crippen LogP contribution in [0.2, 0.25) is 0 Å². The Hall–Kier alpha value is -1.13. The molecule has 1 spiro atoms. The van der Waals surface area contributed by atoms with E-state index in [1.807, 2.05) is 0 Å². The third kappa shape index (κ3) is 1.28. The van der Waals surface area contributed by atoms with Crippen LogP contribution < -0.4 is 5.32 Å². The van der Waals surface area contributed by atoms with E-state index in [0.717, 1.165) is 25.8 Å². The Bertz CT molecular complexity index is 234. The van der Waals surface area contributed by atoms with Gasteiger partial charge in [0.15, 0.2) is 0 Å². The number of piperidine rings is 1. The number of hydrogen-bond acceptors (Lipinski definition) is 3. The van der Waals surface area contributed by atoms with Crippen LogP contribution in [0.1, 0.15) is 19.3 Å². The van der Waals surface area contributed by atoms with Gasteiger partial charge in [-0.05, 0) is 19.3 Å². The molecular formula is C8H13N3O2. The van der Waals surface area contributed by atoms with E-state index in [9.17, 15) is 9.70 Å². The van der Waals surface area contributed by atoms with Gasteiger partial charge in [-0.1, -0.05) is 0 Å². The Morgan fingerprint density at radius 1 is 1.31 bits per heavy atom. The molecule has 0 aromatic carbocycles. The number of rotatable bonds is 1. The van der Waals surface area contributed by atoms with Gasteiger partial charge in [-0.25, -0.2) is 0 Å². The molecule has 0 aromatic rings. The van der Waals surface area contributed by atoms with Crippen LogP contribution in [-0.4, -0.2) is 30.6 Å². The van der Waals surface area contributed by atoms with Crippen LogP contribution in [0.5, 0.6) is 0 Å². The fraction of sp³-hybridized carbons (Fsp3) is 0.875. The van der Waals surface area contributed by atoms with Crippen molar-refractivity contribution in [2.45, 2.75) is 19.3 Å². The van der Waals surface area contributed by atoms with Gasteiger partial charge in [0.25, 0.3) is 0 Å². The molecule has 2 fully saturated rings. The third-order valence-corrected chi connectivity index (χ3v) is 3.18. The lowest BCUT2D eigenvalue weighted by atomic mass is 9.77. The highest BCUT2D eigenvalue weighted by Gasteiger charge is 2.44. The van der Waals surface area contributed by atoms with Gasteiger partial charge >= 0.3 is 0 Å². The first-order valence-corrected chi connectivity index (χ1v) is 4.63. The average molecular weight is 183 g/mol. The van der Waals surface area contributed by atoms with Crippen molar-refractivity contribution in [2.24, 2.45) is 10.7 Å². The van der Waals surface area contributed by atoms with Crippen molar-refractivity contribution >= 4 is 5.91 Å².